The minimum absolute atomic E-state index is 0.0978. The van der Waals surface area contributed by atoms with Gasteiger partial charge in [0.25, 0.3) is 0 Å². The van der Waals surface area contributed by atoms with Gasteiger partial charge in [-0.3, -0.25) is 14.4 Å². The monoisotopic (exact) mass is 554 g/mol. The Morgan fingerprint density at radius 2 is 1.94 bits per heavy atom. The molecule has 0 heterocycles. The van der Waals surface area contributed by atoms with Gasteiger partial charge in [-0.1, -0.05) is 49.2 Å². The number of esters is 1. The first-order valence-corrected chi connectivity index (χ1v) is 13.6. The van der Waals surface area contributed by atoms with Crippen LogP contribution in [0.3, 0.4) is 0 Å². The second kappa shape index (κ2) is 8.88. The average molecular weight is 555 g/mol. The summed E-state index contributed by atoms with van der Waals surface area (Å²) in [5.41, 5.74) is -5.37. The van der Waals surface area contributed by atoms with Crippen molar-refractivity contribution >= 4 is 33.5 Å². The number of alkyl halides is 2. The first-order chi connectivity index (χ1) is 16.3. The third kappa shape index (κ3) is 3.42. The number of allylic oxidation sites excluding steroid dienone is 4. The summed E-state index contributed by atoms with van der Waals surface area (Å²) in [6.45, 7) is 6.50. The van der Waals surface area contributed by atoms with Crippen molar-refractivity contribution in [3.05, 3.63) is 23.8 Å². The average Bonchev–Trinajstić information content (AvgIpc) is 3.02. The molecule has 0 unspecified atom stereocenters. The van der Waals surface area contributed by atoms with Gasteiger partial charge in [-0.25, -0.2) is 4.39 Å². The highest BCUT2D eigenvalue weighted by Crippen LogP contribution is 2.71. The Morgan fingerprint density at radius 3 is 2.57 bits per heavy atom. The third-order valence-electron chi connectivity index (χ3n) is 9.74. The fourth-order valence-corrected chi connectivity index (χ4v) is 9.07. The van der Waals surface area contributed by atoms with E-state index in [1.165, 1.54) is 12.2 Å². The Labute approximate surface area is 214 Å². The molecule has 0 aromatic heterocycles. The quantitative estimate of drug-likeness (QED) is 0.380. The molecular weight excluding hydrogens is 519 g/mol. The van der Waals surface area contributed by atoms with E-state index in [0.717, 1.165) is 6.42 Å². The van der Waals surface area contributed by atoms with E-state index in [2.05, 4.69) is 15.9 Å². The van der Waals surface area contributed by atoms with Gasteiger partial charge in [-0.2, -0.15) is 0 Å². The molecule has 0 aliphatic heterocycles. The van der Waals surface area contributed by atoms with Crippen molar-refractivity contribution in [1.29, 1.82) is 0 Å². The maximum atomic E-state index is 17.4. The fraction of sp³-hybridized carbons (Fsp3) is 0.741. The summed E-state index contributed by atoms with van der Waals surface area (Å²) in [5, 5.41) is 21.5. The van der Waals surface area contributed by atoms with Crippen molar-refractivity contribution in [2.75, 3.05) is 6.61 Å². The Balaban J connectivity index is 1.83. The molecule has 0 saturated heterocycles. The zero-order chi connectivity index (χ0) is 26.0. The highest BCUT2D eigenvalue weighted by molar-refractivity contribution is 9.09. The molecule has 3 saturated carbocycles. The zero-order valence-corrected chi connectivity index (χ0v) is 22.4. The van der Waals surface area contributed by atoms with Crippen molar-refractivity contribution in [2.45, 2.75) is 88.4 Å². The van der Waals surface area contributed by atoms with Crippen LogP contribution in [0.2, 0.25) is 0 Å². The molecule has 4 rings (SSSR count). The maximum absolute atomic E-state index is 17.4. The summed E-state index contributed by atoms with van der Waals surface area (Å²) in [4.78, 5) is 38.1. The highest BCUT2D eigenvalue weighted by Gasteiger charge is 2.77. The van der Waals surface area contributed by atoms with Crippen molar-refractivity contribution in [3.8, 4) is 0 Å². The number of ketones is 2. The largest absolute Gasteiger partial charge is 0.450 e. The lowest BCUT2D eigenvalue weighted by molar-refractivity contribution is -0.228. The number of unbranched alkanes of at least 4 members (excludes halogenated alkanes) is 1. The topological polar surface area (TPSA) is 101 Å². The molecular formula is C27H36BrFO6. The molecule has 4 aliphatic rings. The molecule has 0 aromatic rings. The van der Waals surface area contributed by atoms with Gasteiger partial charge in [0.05, 0.1) is 6.10 Å². The van der Waals surface area contributed by atoms with Gasteiger partial charge in [-0.15, -0.1) is 0 Å². The lowest BCUT2D eigenvalue weighted by atomic mass is 9.44. The smallest absolute Gasteiger partial charge is 0.306 e. The number of carbonyl (C=O) groups excluding carboxylic acids is 3. The van der Waals surface area contributed by atoms with Crippen LogP contribution in [0, 0.1) is 28.6 Å². The number of rotatable bonds is 6. The molecule has 0 spiro atoms. The van der Waals surface area contributed by atoms with Crippen LogP contribution >= 0.6 is 15.9 Å². The summed E-state index contributed by atoms with van der Waals surface area (Å²) in [6, 6.07) is 0. The number of hydrogen-bond acceptors (Lipinski definition) is 6. The summed E-state index contributed by atoms with van der Waals surface area (Å²) >= 11 is 3.67. The first-order valence-electron chi connectivity index (χ1n) is 12.7. The lowest BCUT2D eigenvalue weighted by Gasteiger charge is -2.63. The van der Waals surface area contributed by atoms with Crippen LogP contribution in [-0.4, -0.2) is 56.6 Å². The minimum Gasteiger partial charge on any atom is -0.450 e. The second-order valence-corrected chi connectivity index (χ2v) is 12.5. The molecule has 194 valence electrons. The van der Waals surface area contributed by atoms with Crippen molar-refractivity contribution in [2.24, 2.45) is 28.6 Å². The summed E-state index contributed by atoms with van der Waals surface area (Å²) in [5.74, 6) is -2.82. The van der Waals surface area contributed by atoms with Crippen molar-refractivity contribution in [1.82, 2.24) is 0 Å². The van der Waals surface area contributed by atoms with E-state index in [1.807, 2.05) is 20.8 Å². The van der Waals surface area contributed by atoms with Crippen molar-refractivity contribution in [3.63, 3.8) is 0 Å². The van der Waals surface area contributed by atoms with Gasteiger partial charge >= 0.3 is 5.97 Å². The summed E-state index contributed by atoms with van der Waals surface area (Å²) < 4.78 is 23.4. The molecule has 4 aliphatic carbocycles. The Kier molecular flexibility index (Phi) is 6.76. The van der Waals surface area contributed by atoms with E-state index in [4.69, 9.17) is 4.74 Å². The first kappa shape index (κ1) is 26.7. The normalized spacial score (nSPS) is 46.3. The lowest BCUT2D eigenvalue weighted by Crippen LogP contribution is -2.71. The van der Waals surface area contributed by atoms with E-state index >= 15 is 4.39 Å². The molecule has 2 N–H and O–H groups in total. The molecule has 35 heavy (non-hydrogen) atoms. The van der Waals surface area contributed by atoms with E-state index in [0.29, 0.717) is 24.8 Å². The molecule has 0 amide bonds. The van der Waals surface area contributed by atoms with Gasteiger partial charge in [0.15, 0.2) is 17.1 Å². The van der Waals surface area contributed by atoms with Gasteiger partial charge in [-0.05, 0) is 56.3 Å². The Morgan fingerprint density at radius 1 is 1.26 bits per heavy atom. The number of hydrogen-bond donors (Lipinski definition) is 2. The number of carbonyl (C=O) groups is 3. The van der Waals surface area contributed by atoms with Crippen LogP contribution in [0.15, 0.2) is 23.8 Å². The van der Waals surface area contributed by atoms with Crippen LogP contribution < -0.4 is 0 Å². The predicted molar refractivity (Wildman–Crippen MR) is 131 cm³/mol. The van der Waals surface area contributed by atoms with Gasteiger partial charge in [0, 0.05) is 33.9 Å². The molecule has 9 atom stereocenters. The van der Waals surface area contributed by atoms with E-state index in [9.17, 15) is 24.6 Å². The summed E-state index contributed by atoms with van der Waals surface area (Å²) in [7, 11) is 0. The third-order valence-corrected chi connectivity index (χ3v) is 10.6. The van der Waals surface area contributed by atoms with Gasteiger partial charge in [0.2, 0.25) is 5.78 Å². The Bertz CT molecular complexity index is 994. The number of aliphatic hydroxyl groups is 2. The molecule has 0 aromatic carbocycles. The number of fused-ring (bicyclic) bond motifs is 5. The Hall–Kier alpha value is -1.38. The van der Waals surface area contributed by atoms with Crippen LogP contribution in [0.25, 0.3) is 0 Å². The maximum Gasteiger partial charge on any atom is 0.306 e. The van der Waals surface area contributed by atoms with Crippen LogP contribution in [0.4, 0.5) is 4.39 Å². The number of aliphatic hydroxyl groups excluding tert-OH is 2. The second-order valence-electron chi connectivity index (χ2n) is 11.4. The molecule has 8 heteroatoms. The van der Waals surface area contributed by atoms with Gasteiger partial charge in [0.1, 0.15) is 6.61 Å². The van der Waals surface area contributed by atoms with E-state index < -0.39 is 58.4 Å². The SMILES string of the molecule is CCCCC(=O)O[C@]1(C(=O)CO)[C@@H](C)C[C@H]2[C@@H]3C[C@H](Br)C4=CC(=O)C=C[C@]4(C)[C@@]3(F)[C@H](O)C[C@@]21C. The molecule has 0 radical (unpaired) electrons. The standard InChI is InChI=1S/C27H36BrFO6/c1-5-6-7-23(34)35-27(22(33)14-30)15(2)10-17-18-12-20(28)19-11-16(31)8-9-24(19,3)26(18,29)21(32)13-25(17,27)4/h8-9,11,15,17-18,20-21,30,32H,5-7,10,12-14H2,1-4H3/t15-,17-,18-,20-,21+,24-,25-,26-,27-/m0/s1. The van der Waals surface area contributed by atoms with Crippen LogP contribution in [0.5, 0.6) is 0 Å². The molecule has 3 fully saturated rings. The molecule has 6 nitrogen and oxygen atoms in total. The predicted octanol–water partition coefficient (Wildman–Crippen LogP) is 4.01. The number of ether oxygens (including phenoxy) is 1. The summed E-state index contributed by atoms with van der Waals surface area (Å²) in [6.07, 6.45) is 5.13. The minimum atomic E-state index is -2.07. The highest BCUT2D eigenvalue weighted by atomic mass is 79.9. The van der Waals surface area contributed by atoms with Crippen LogP contribution in [-0.2, 0) is 19.1 Å². The fourth-order valence-electron chi connectivity index (χ4n) is 8.06. The van der Waals surface area contributed by atoms with Crippen molar-refractivity contribution < 1.29 is 33.7 Å². The number of Topliss-reactive ketones (excluding diaryl/α,β-unsaturated/α-hetero) is 1. The molecule has 0 bridgehead atoms. The zero-order valence-electron chi connectivity index (χ0n) is 20.9. The van der Waals surface area contributed by atoms with E-state index in [1.54, 1.807) is 13.0 Å². The number of halogens is 2. The van der Waals surface area contributed by atoms with E-state index in [-0.39, 0.29) is 29.4 Å². The van der Waals surface area contributed by atoms with Gasteiger partial charge < -0.3 is 14.9 Å². The van der Waals surface area contributed by atoms with Crippen LogP contribution in [0.1, 0.15) is 66.2 Å².